The van der Waals surface area contributed by atoms with Gasteiger partial charge in [-0.1, -0.05) is 62.7 Å². The Bertz CT molecular complexity index is 971. The number of carbonyl (C=O) groups excluding carboxylic acids is 3. The highest BCUT2D eigenvalue weighted by molar-refractivity contribution is 6.01. The van der Waals surface area contributed by atoms with Gasteiger partial charge in [-0.05, 0) is 49.9 Å². The second kappa shape index (κ2) is 12.9. The van der Waals surface area contributed by atoms with E-state index in [0.717, 1.165) is 12.0 Å². The van der Waals surface area contributed by atoms with Crippen LogP contribution in [0.3, 0.4) is 0 Å². The number of hydrogen-bond donors (Lipinski definition) is 4. The third-order valence-electron chi connectivity index (χ3n) is 5.49. The van der Waals surface area contributed by atoms with E-state index in [2.05, 4.69) is 16.0 Å². The number of benzene rings is 2. The van der Waals surface area contributed by atoms with Crippen LogP contribution in [0.15, 0.2) is 54.6 Å². The van der Waals surface area contributed by atoms with Crippen molar-refractivity contribution in [3.63, 3.8) is 0 Å². The average molecular weight is 484 g/mol. The van der Waals surface area contributed by atoms with Crippen LogP contribution >= 0.6 is 0 Å². The summed E-state index contributed by atoms with van der Waals surface area (Å²) < 4.78 is 5.30. The summed E-state index contributed by atoms with van der Waals surface area (Å²) in [5.41, 5.74) is 0.978. The van der Waals surface area contributed by atoms with Gasteiger partial charge in [-0.25, -0.2) is 4.79 Å². The van der Waals surface area contributed by atoms with Crippen LogP contribution in [-0.2, 0) is 27.3 Å². The minimum absolute atomic E-state index is 0.0270. The van der Waals surface area contributed by atoms with Gasteiger partial charge >= 0.3 is 6.09 Å². The molecule has 0 radical (unpaired) electrons. The highest BCUT2D eigenvalue weighted by Crippen LogP contribution is 2.14. The molecule has 0 bridgehead atoms. The zero-order valence-electron chi connectivity index (χ0n) is 21.1. The van der Waals surface area contributed by atoms with Crippen molar-refractivity contribution in [1.29, 1.82) is 0 Å². The highest BCUT2D eigenvalue weighted by atomic mass is 16.6. The Kier molecular flexibility index (Phi) is 10.3. The molecule has 4 N–H and O–H groups in total. The number of aromatic hydroxyl groups is 1. The summed E-state index contributed by atoms with van der Waals surface area (Å²) in [6.45, 7) is 9.57. The van der Waals surface area contributed by atoms with Crippen LogP contribution in [-0.4, -0.2) is 40.7 Å². The minimum Gasteiger partial charge on any atom is -0.508 e. The van der Waals surface area contributed by atoms with E-state index in [0.29, 0.717) is 12.1 Å². The summed E-state index contributed by atoms with van der Waals surface area (Å²) in [5.74, 6) is -1.03. The highest BCUT2D eigenvalue weighted by Gasteiger charge is 2.30. The first-order valence-corrected chi connectivity index (χ1v) is 11.9. The minimum atomic E-state index is -1.05. The number of ether oxygens (including phenoxy) is 1. The van der Waals surface area contributed by atoms with E-state index in [4.69, 9.17) is 4.74 Å². The van der Waals surface area contributed by atoms with E-state index >= 15 is 0 Å². The van der Waals surface area contributed by atoms with Crippen LogP contribution in [0.5, 0.6) is 5.75 Å². The third kappa shape index (κ3) is 9.78. The molecule has 0 fully saturated rings. The number of imide groups is 1. The zero-order valence-corrected chi connectivity index (χ0v) is 21.1. The van der Waals surface area contributed by atoms with Gasteiger partial charge in [-0.3, -0.25) is 14.9 Å². The van der Waals surface area contributed by atoms with Gasteiger partial charge in [0.15, 0.2) is 0 Å². The molecule has 0 aliphatic heterocycles. The molecule has 0 heterocycles. The van der Waals surface area contributed by atoms with Crippen LogP contribution < -0.4 is 16.0 Å². The Hall–Kier alpha value is -3.39. The Morgan fingerprint density at radius 3 is 2.14 bits per heavy atom. The lowest BCUT2D eigenvalue weighted by Gasteiger charge is -2.26. The van der Waals surface area contributed by atoms with Crippen LogP contribution in [0.1, 0.15) is 52.2 Å². The van der Waals surface area contributed by atoms with Crippen molar-refractivity contribution in [2.24, 2.45) is 5.92 Å². The molecule has 0 saturated carbocycles. The standard InChI is InChI=1S/C27H37N3O5/c1-6-18(2)23(28-17-20-10-8-7-9-11-20)25(33)30-24(32)22(29-26(34)35-27(3,4)5)16-19-12-14-21(31)15-13-19/h7-15,18,22-23,28,31H,6,16-17H2,1-5H3,(H,29,34)(H,30,32,33)/t18-,22-,23-/m0/s1. The lowest BCUT2D eigenvalue weighted by atomic mass is 9.97. The summed E-state index contributed by atoms with van der Waals surface area (Å²) in [7, 11) is 0. The van der Waals surface area contributed by atoms with Crippen molar-refractivity contribution in [2.45, 2.75) is 71.7 Å². The number of hydrogen-bond acceptors (Lipinski definition) is 6. The van der Waals surface area contributed by atoms with Crippen molar-refractivity contribution >= 4 is 17.9 Å². The number of alkyl carbamates (subject to hydrolysis) is 1. The van der Waals surface area contributed by atoms with Gasteiger partial charge in [0.25, 0.3) is 0 Å². The van der Waals surface area contributed by atoms with E-state index in [1.165, 1.54) is 12.1 Å². The molecule has 2 rings (SSSR count). The molecule has 2 aromatic carbocycles. The smallest absolute Gasteiger partial charge is 0.408 e. The largest absolute Gasteiger partial charge is 0.508 e. The molecule has 0 saturated heterocycles. The number of amides is 3. The summed E-state index contributed by atoms with van der Waals surface area (Å²) in [5, 5.41) is 17.8. The van der Waals surface area contributed by atoms with E-state index < -0.39 is 35.6 Å². The van der Waals surface area contributed by atoms with Gasteiger partial charge in [-0.2, -0.15) is 0 Å². The molecule has 0 spiro atoms. The van der Waals surface area contributed by atoms with Crippen LogP contribution in [0, 0.1) is 5.92 Å². The lowest BCUT2D eigenvalue weighted by molar-refractivity contribution is -0.133. The van der Waals surface area contributed by atoms with Crippen molar-refractivity contribution < 1.29 is 24.2 Å². The Balaban J connectivity index is 2.14. The molecule has 0 aliphatic carbocycles. The maximum Gasteiger partial charge on any atom is 0.408 e. The van der Waals surface area contributed by atoms with Crippen molar-refractivity contribution in [2.75, 3.05) is 0 Å². The van der Waals surface area contributed by atoms with Gasteiger partial charge in [0.05, 0.1) is 6.04 Å². The molecular formula is C27H37N3O5. The molecule has 190 valence electrons. The second-order valence-corrected chi connectivity index (χ2v) is 9.65. The normalized spacial score (nSPS) is 13.9. The first-order chi connectivity index (χ1) is 16.5. The number of phenolic OH excluding ortho intramolecular Hbond substituents is 1. The van der Waals surface area contributed by atoms with Crippen molar-refractivity contribution in [3.05, 3.63) is 65.7 Å². The molecule has 0 aliphatic rings. The Labute approximate surface area is 207 Å². The monoisotopic (exact) mass is 483 g/mol. The van der Waals surface area contributed by atoms with Crippen molar-refractivity contribution in [1.82, 2.24) is 16.0 Å². The summed E-state index contributed by atoms with van der Waals surface area (Å²) in [6, 6.07) is 14.3. The SMILES string of the molecule is CC[C@H](C)[C@H](NCc1ccccc1)C(=O)NC(=O)[C@H](Cc1ccc(O)cc1)NC(=O)OC(C)(C)C. The predicted octanol–water partition coefficient (Wildman–Crippen LogP) is 3.68. The van der Waals surface area contributed by atoms with E-state index in [9.17, 15) is 19.5 Å². The van der Waals surface area contributed by atoms with Gasteiger partial charge in [0, 0.05) is 13.0 Å². The summed E-state index contributed by atoms with van der Waals surface area (Å²) >= 11 is 0. The fourth-order valence-corrected chi connectivity index (χ4v) is 3.42. The summed E-state index contributed by atoms with van der Waals surface area (Å²) in [4.78, 5) is 38.7. The second-order valence-electron chi connectivity index (χ2n) is 9.65. The lowest BCUT2D eigenvalue weighted by Crippen LogP contribution is -2.55. The zero-order chi connectivity index (χ0) is 26.0. The van der Waals surface area contributed by atoms with Crippen LogP contribution in [0.4, 0.5) is 4.79 Å². The quantitative estimate of drug-likeness (QED) is 0.410. The van der Waals surface area contributed by atoms with Gasteiger partial charge in [0.2, 0.25) is 11.8 Å². The fourth-order valence-electron chi connectivity index (χ4n) is 3.42. The van der Waals surface area contributed by atoms with Crippen LogP contribution in [0.2, 0.25) is 0 Å². The molecule has 2 aromatic rings. The first kappa shape index (κ1) is 27.9. The predicted molar refractivity (Wildman–Crippen MR) is 135 cm³/mol. The van der Waals surface area contributed by atoms with Gasteiger partial charge < -0.3 is 20.5 Å². The van der Waals surface area contributed by atoms with Gasteiger partial charge in [-0.15, -0.1) is 0 Å². The molecule has 0 aromatic heterocycles. The van der Waals surface area contributed by atoms with Gasteiger partial charge in [0.1, 0.15) is 17.4 Å². The molecule has 3 atom stereocenters. The van der Waals surface area contributed by atoms with Crippen LogP contribution in [0.25, 0.3) is 0 Å². The number of phenols is 1. The third-order valence-corrected chi connectivity index (χ3v) is 5.49. The number of nitrogens with one attached hydrogen (secondary N) is 3. The Morgan fingerprint density at radius 2 is 1.57 bits per heavy atom. The number of carbonyl (C=O) groups is 3. The topological polar surface area (TPSA) is 117 Å². The molecule has 8 nitrogen and oxygen atoms in total. The Morgan fingerprint density at radius 1 is 0.943 bits per heavy atom. The maximum absolute atomic E-state index is 13.1. The fraction of sp³-hybridized carbons (Fsp3) is 0.444. The van der Waals surface area contributed by atoms with E-state index in [1.54, 1.807) is 32.9 Å². The van der Waals surface area contributed by atoms with Crippen molar-refractivity contribution in [3.8, 4) is 5.75 Å². The molecule has 0 unspecified atom stereocenters. The maximum atomic E-state index is 13.1. The average Bonchev–Trinajstić information content (AvgIpc) is 2.79. The molecular weight excluding hydrogens is 446 g/mol. The van der Waals surface area contributed by atoms with E-state index in [1.807, 2.05) is 44.2 Å². The molecule has 35 heavy (non-hydrogen) atoms. The molecule has 8 heteroatoms. The summed E-state index contributed by atoms with van der Waals surface area (Å²) in [6.07, 6.45) is 0.0928. The first-order valence-electron chi connectivity index (χ1n) is 11.9. The van der Waals surface area contributed by atoms with E-state index in [-0.39, 0.29) is 18.1 Å². The number of rotatable bonds is 10. The molecule has 3 amide bonds.